The molecule has 0 atom stereocenters. The van der Waals surface area contributed by atoms with Crippen molar-refractivity contribution in [2.45, 2.75) is 58.8 Å². The molecule has 0 aliphatic heterocycles. The number of nitrogens with two attached hydrogens (primary N) is 1. The molecule has 2 aromatic rings. The van der Waals surface area contributed by atoms with Gasteiger partial charge in [0.15, 0.2) is 0 Å². The molecule has 0 spiro atoms. The fraction of sp³-hybridized carbons (Fsp3) is 0.364. The maximum Gasteiger partial charge on any atom is 0.0907 e. The molecule has 0 aliphatic carbocycles. The number of benzene rings is 1. The van der Waals surface area contributed by atoms with E-state index in [0.717, 1.165) is 40.5 Å². The van der Waals surface area contributed by atoms with Crippen molar-refractivity contribution in [2.75, 3.05) is 0 Å². The molecule has 0 amide bonds. The van der Waals surface area contributed by atoms with Gasteiger partial charge in [-0.05, 0) is 51.3 Å². The van der Waals surface area contributed by atoms with E-state index in [1.807, 2.05) is 27.0 Å². The van der Waals surface area contributed by atoms with E-state index in [1.165, 1.54) is 15.2 Å². The second-order valence-corrected chi connectivity index (χ2v) is 7.86. The van der Waals surface area contributed by atoms with Gasteiger partial charge in [-0.15, -0.1) is 24.2 Å². The molecule has 0 bridgehead atoms. The Kier molecular flexibility index (Phi) is 13.0. The molecule has 0 saturated carbocycles. The van der Waals surface area contributed by atoms with E-state index in [9.17, 15) is 0 Å². The summed E-state index contributed by atoms with van der Waals surface area (Å²) in [6.45, 7) is 14.0. The molecular formula is C22H31N3S2. The van der Waals surface area contributed by atoms with Gasteiger partial charge in [0.25, 0.3) is 0 Å². The number of allylic oxidation sites excluding steroid dienone is 2. The van der Waals surface area contributed by atoms with Gasteiger partial charge in [-0.25, -0.2) is 4.98 Å². The molecule has 0 saturated heterocycles. The Morgan fingerprint density at radius 3 is 2.59 bits per heavy atom. The first-order valence-electron chi connectivity index (χ1n) is 9.02. The van der Waals surface area contributed by atoms with Crippen LogP contribution in [0.3, 0.4) is 0 Å². The van der Waals surface area contributed by atoms with Gasteiger partial charge in [-0.1, -0.05) is 44.7 Å². The highest BCUT2D eigenvalue weighted by atomic mass is 32.2. The van der Waals surface area contributed by atoms with Gasteiger partial charge in [-0.2, -0.15) is 0 Å². The van der Waals surface area contributed by atoms with E-state index >= 15 is 0 Å². The summed E-state index contributed by atoms with van der Waals surface area (Å²) in [4.78, 5) is 10.3. The summed E-state index contributed by atoms with van der Waals surface area (Å²) in [7, 11) is 0. The van der Waals surface area contributed by atoms with Crippen molar-refractivity contribution in [3.8, 4) is 12.8 Å². The third-order valence-corrected chi connectivity index (χ3v) is 5.33. The van der Waals surface area contributed by atoms with Gasteiger partial charge >= 0.3 is 0 Å². The van der Waals surface area contributed by atoms with Crippen molar-refractivity contribution < 1.29 is 0 Å². The number of rotatable bonds is 6. The third-order valence-electron chi connectivity index (χ3n) is 3.27. The fourth-order valence-electron chi connectivity index (χ4n) is 2.01. The van der Waals surface area contributed by atoms with Gasteiger partial charge < -0.3 is 5.73 Å². The number of hydrogen-bond donors (Lipinski definition) is 1. The summed E-state index contributed by atoms with van der Waals surface area (Å²) >= 11 is 3.45. The van der Waals surface area contributed by atoms with Gasteiger partial charge in [0.2, 0.25) is 0 Å². The number of thiazole rings is 1. The van der Waals surface area contributed by atoms with E-state index in [1.54, 1.807) is 23.1 Å². The summed E-state index contributed by atoms with van der Waals surface area (Å²) in [5.41, 5.74) is 8.62. The number of aryl methyl sites for hydroxylation is 1. The van der Waals surface area contributed by atoms with Crippen LogP contribution in [0.1, 0.15) is 52.0 Å². The second kappa shape index (κ2) is 14.1. The molecule has 0 aliphatic rings. The summed E-state index contributed by atoms with van der Waals surface area (Å²) in [5, 5.41) is 2.21. The van der Waals surface area contributed by atoms with Gasteiger partial charge in [0.05, 0.1) is 20.3 Å². The highest BCUT2D eigenvalue weighted by Crippen LogP contribution is 2.29. The molecular weight excluding hydrogens is 370 g/mol. The monoisotopic (exact) mass is 401 g/mol. The van der Waals surface area contributed by atoms with E-state index < -0.39 is 0 Å². The normalized spacial score (nSPS) is 11.2. The van der Waals surface area contributed by atoms with Crippen LogP contribution in [0.2, 0.25) is 0 Å². The van der Waals surface area contributed by atoms with E-state index in [2.05, 4.69) is 61.4 Å². The van der Waals surface area contributed by atoms with E-state index in [-0.39, 0.29) is 0 Å². The van der Waals surface area contributed by atoms with Crippen LogP contribution in [0, 0.1) is 19.8 Å². The lowest BCUT2D eigenvalue weighted by Crippen LogP contribution is -1.94. The zero-order valence-electron chi connectivity index (χ0n) is 17.1. The molecule has 0 radical (unpaired) electrons. The van der Waals surface area contributed by atoms with Crippen molar-refractivity contribution in [3.63, 3.8) is 0 Å². The maximum absolute atomic E-state index is 5.61. The summed E-state index contributed by atoms with van der Waals surface area (Å²) in [6.07, 6.45) is 12.6. The quantitative estimate of drug-likeness (QED) is 0.247. The lowest BCUT2D eigenvalue weighted by Gasteiger charge is -2.04. The molecule has 1 aromatic carbocycles. The Balaban J connectivity index is 0.00000158. The number of thioether (sulfide) groups is 1. The molecule has 1 aromatic heterocycles. The highest BCUT2D eigenvalue weighted by molar-refractivity contribution is 8.14. The summed E-state index contributed by atoms with van der Waals surface area (Å²) in [6, 6.07) is 6.40. The molecule has 0 unspecified atom stereocenters. The van der Waals surface area contributed by atoms with Crippen molar-refractivity contribution >= 4 is 38.4 Å². The fourth-order valence-corrected chi connectivity index (χ4v) is 3.79. The predicted octanol–water partition coefficient (Wildman–Crippen LogP) is 6.94. The molecule has 0 fully saturated rings. The highest BCUT2D eigenvalue weighted by Gasteiger charge is 2.05. The Bertz CT molecular complexity index is 798. The number of nitrogens with zero attached hydrogens (tertiary/aromatic N) is 2. The van der Waals surface area contributed by atoms with Gasteiger partial charge in [0, 0.05) is 16.8 Å². The average molecular weight is 402 g/mol. The number of aromatic nitrogens is 1. The van der Waals surface area contributed by atoms with E-state index in [4.69, 9.17) is 5.73 Å². The van der Waals surface area contributed by atoms with Crippen LogP contribution in [0.5, 0.6) is 0 Å². The first kappa shape index (κ1) is 25.0. The molecule has 27 heavy (non-hydrogen) atoms. The zero-order valence-corrected chi connectivity index (χ0v) is 18.7. The topological polar surface area (TPSA) is 51.3 Å². The predicted molar refractivity (Wildman–Crippen MR) is 125 cm³/mol. The number of aliphatic imine (C=N–C) groups is 1. The second-order valence-electron chi connectivity index (χ2n) is 5.47. The molecule has 2 rings (SSSR count). The smallest absolute Gasteiger partial charge is 0.0907 e. The lowest BCUT2D eigenvalue weighted by molar-refractivity contribution is 0.911. The van der Waals surface area contributed by atoms with Crippen molar-refractivity contribution in [3.05, 3.63) is 47.3 Å². The maximum atomic E-state index is 5.61. The summed E-state index contributed by atoms with van der Waals surface area (Å²) in [5.74, 6) is 0. The molecule has 5 heteroatoms. The SMILES string of the molecule is C#C.C=C(N)CC/C(C)=C/N=C(CC)Sc1ccc2nc(C)sc2c1.CC. The van der Waals surface area contributed by atoms with Gasteiger partial charge in [-0.3, -0.25) is 4.99 Å². The van der Waals surface area contributed by atoms with Crippen LogP contribution >= 0.6 is 23.1 Å². The third kappa shape index (κ3) is 9.46. The van der Waals surface area contributed by atoms with Crippen molar-refractivity contribution in [2.24, 2.45) is 10.7 Å². The van der Waals surface area contributed by atoms with Crippen LogP contribution in [-0.4, -0.2) is 10.0 Å². The van der Waals surface area contributed by atoms with Crippen LogP contribution in [0.15, 0.2) is 52.1 Å². The number of fused-ring (bicyclic) bond motifs is 1. The molecule has 2 N–H and O–H groups in total. The zero-order chi connectivity index (χ0) is 20.8. The van der Waals surface area contributed by atoms with Crippen LogP contribution in [-0.2, 0) is 0 Å². The van der Waals surface area contributed by atoms with Crippen molar-refractivity contribution in [1.29, 1.82) is 0 Å². The first-order valence-corrected chi connectivity index (χ1v) is 10.6. The number of terminal acetylenes is 1. The Labute approximate surface area is 172 Å². The Hall–Kier alpha value is -2.03. The minimum absolute atomic E-state index is 0.722. The van der Waals surface area contributed by atoms with Gasteiger partial charge in [0.1, 0.15) is 0 Å². The number of hydrogen-bond acceptors (Lipinski definition) is 5. The van der Waals surface area contributed by atoms with E-state index in [0.29, 0.717) is 0 Å². The molecule has 146 valence electrons. The van der Waals surface area contributed by atoms with Crippen LogP contribution in [0.25, 0.3) is 10.2 Å². The summed E-state index contributed by atoms with van der Waals surface area (Å²) < 4.78 is 1.23. The lowest BCUT2D eigenvalue weighted by atomic mass is 10.1. The van der Waals surface area contributed by atoms with Crippen LogP contribution < -0.4 is 5.73 Å². The largest absolute Gasteiger partial charge is 0.403 e. The Morgan fingerprint density at radius 2 is 2.00 bits per heavy atom. The minimum Gasteiger partial charge on any atom is -0.403 e. The Morgan fingerprint density at radius 1 is 1.33 bits per heavy atom. The minimum atomic E-state index is 0.722. The average Bonchev–Trinajstić information content (AvgIpc) is 3.05. The first-order chi connectivity index (χ1) is 13.0. The van der Waals surface area contributed by atoms with Crippen LogP contribution in [0.4, 0.5) is 0 Å². The molecule has 3 nitrogen and oxygen atoms in total. The van der Waals surface area contributed by atoms with Crippen molar-refractivity contribution in [1.82, 2.24) is 4.98 Å². The standard InChI is InChI=1S/C18H23N3S2.C2H6.C2H2/c1-5-18(20-11-12(2)6-7-13(3)19)23-15-8-9-16-17(10-15)22-14(4)21-16;2*1-2/h8-11H,3,5-7,19H2,1-2,4H3;1-2H3;1-2H/b12-11+,20-18?;;. The molecule has 1 heterocycles.